The number of ether oxygens (including phenoxy) is 1. The lowest BCUT2D eigenvalue weighted by Gasteiger charge is -2.19. The quantitative estimate of drug-likeness (QED) is 0.145. The highest BCUT2D eigenvalue weighted by Crippen LogP contribution is 2.34. The van der Waals surface area contributed by atoms with Crippen molar-refractivity contribution in [1.82, 2.24) is 29.7 Å². The summed E-state index contributed by atoms with van der Waals surface area (Å²) < 4.78 is 112. The Hall–Kier alpha value is -6.24. The van der Waals surface area contributed by atoms with Gasteiger partial charge in [0.25, 0.3) is 0 Å². The molecule has 0 spiro atoms. The van der Waals surface area contributed by atoms with Crippen LogP contribution in [0.1, 0.15) is 43.0 Å². The molecule has 19 heteroatoms. The molecule has 0 amide bonds. The first-order valence-electron chi connectivity index (χ1n) is 18.1. The maximum absolute atomic E-state index is 13.6. The zero-order valence-corrected chi connectivity index (χ0v) is 34.5. The SMILES string of the molecule is CN(Cc1ccc(F)c(C(F)(F)F)c1)c1cnc2cc(-c3cnn(C(=O)OC(C)(C)C)c3)ccc2n1.CN(Cc1ccc(F)c(C(F)(F)F)c1)c1cnc2cc(Br)ccc2n1. The molecule has 61 heavy (non-hydrogen) atoms. The van der Waals surface area contributed by atoms with Crippen molar-refractivity contribution in [2.45, 2.75) is 51.8 Å². The third-order valence-corrected chi connectivity index (χ3v) is 9.30. The Kier molecular flexibility index (Phi) is 12.6. The van der Waals surface area contributed by atoms with Crippen LogP contribution < -0.4 is 9.80 Å². The van der Waals surface area contributed by atoms with Crippen LogP contribution in [0.4, 0.5) is 51.6 Å². The molecule has 0 N–H and O–H groups in total. The van der Waals surface area contributed by atoms with Gasteiger partial charge in [0.2, 0.25) is 0 Å². The molecule has 0 fully saturated rings. The average Bonchev–Trinajstić information content (AvgIpc) is 3.68. The van der Waals surface area contributed by atoms with Crippen LogP contribution in [-0.2, 0) is 30.2 Å². The third-order valence-electron chi connectivity index (χ3n) is 8.81. The number of hydrogen-bond donors (Lipinski definition) is 0. The molecular formula is C42H35BrF8N8O2. The molecule has 7 aromatic rings. The number of benzene rings is 4. The fourth-order valence-electron chi connectivity index (χ4n) is 5.89. The summed E-state index contributed by atoms with van der Waals surface area (Å²) in [5.74, 6) is -1.65. The van der Waals surface area contributed by atoms with Crippen molar-refractivity contribution in [3.8, 4) is 11.1 Å². The standard InChI is InChI=1S/C25H23F4N5O2.C17H12BrF4N3/c1-24(2,3)36-23(35)34-14-17(11-31-34)16-6-8-20-21(10-16)30-12-22(32-20)33(4)13-15-5-7-19(26)18(9-15)25(27,28)29;1-25(9-10-2-4-13(19)12(6-10)17(20,21)22)16-8-23-15-7-11(18)3-5-14(15)24-16/h5-12,14H,13H2,1-4H3;2-8H,9H2,1H3. The van der Waals surface area contributed by atoms with E-state index in [1.165, 1.54) is 18.3 Å². The van der Waals surface area contributed by atoms with E-state index in [-0.39, 0.29) is 18.7 Å². The Balaban J connectivity index is 0.000000218. The summed E-state index contributed by atoms with van der Waals surface area (Å²) >= 11 is 3.35. The van der Waals surface area contributed by atoms with Crippen LogP contribution in [0.15, 0.2) is 102 Å². The van der Waals surface area contributed by atoms with Gasteiger partial charge in [-0.15, -0.1) is 0 Å². The van der Waals surface area contributed by atoms with E-state index in [0.717, 1.165) is 39.0 Å². The summed E-state index contributed by atoms with van der Waals surface area (Å²) in [6, 6.07) is 16.7. The summed E-state index contributed by atoms with van der Waals surface area (Å²) in [6.07, 6.45) is -3.95. The minimum Gasteiger partial charge on any atom is -0.442 e. The van der Waals surface area contributed by atoms with Crippen molar-refractivity contribution in [3.05, 3.63) is 136 Å². The molecule has 0 bridgehead atoms. The third kappa shape index (κ3) is 11.1. The Morgan fingerprint density at radius 1 is 0.656 bits per heavy atom. The first-order valence-corrected chi connectivity index (χ1v) is 18.9. The number of carbonyl (C=O) groups is 1. The zero-order chi connectivity index (χ0) is 44.4. The molecule has 0 radical (unpaired) electrons. The van der Waals surface area contributed by atoms with Crippen LogP contribution in [0, 0.1) is 11.6 Å². The zero-order valence-electron chi connectivity index (χ0n) is 32.9. The van der Waals surface area contributed by atoms with Gasteiger partial charge in [0.05, 0.1) is 51.8 Å². The summed E-state index contributed by atoms with van der Waals surface area (Å²) in [5, 5.41) is 4.07. The van der Waals surface area contributed by atoms with Gasteiger partial charge in [-0.1, -0.05) is 34.1 Å². The van der Waals surface area contributed by atoms with Gasteiger partial charge in [-0.25, -0.2) is 23.5 Å². The predicted molar refractivity (Wildman–Crippen MR) is 217 cm³/mol. The molecule has 0 saturated heterocycles. The summed E-state index contributed by atoms with van der Waals surface area (Å²) in [5.41, 5.74) is 1.35. The van der Waals surface area contributed by atoms with Crippen LogP contribution in [0.25, 0.3) is 33.2 Å². The number of fused-ring (bicyclic) bond motifs is 2. The first kappa shape index (κ1) is 44.3. The Morgan fingerprint density at radius 3 is 1.64 bits per heavy atom. The smallest absolute Gasteiger partial charge is 0.435 e. The van der Waals surface area contributed by atoms with Gasteiger partial charge in [-0.2, -0.15) is 36.1 Å². The summed E-state index contributed by atoms with van der Waals surface area (Å²) in [4.78, 5) is 33.2. The second-order valence-electron chi connectivity index (χ2n) is 14.8. The number of carbonyl (C=O) groups excluding carboxylic acids is 1. The average molecular weight is 916 g/mol. The molecule has 7 rings (SSSR count). The van der Waals surface area contributed by atoms with Crippen molar-refractivity contribution < 1.29 is 44.7 Å². The molecule has 3 heterocycles. The van der Waals surface area contributed by atoms with E-state index in [2.05, 4.69) is 41.0 Å². The fraction of sp³-hybridized carbons (Fsp3) is 0.238. The summed E-state index contributed by atoms with van der Waals surface area (Å²) in [6.45, 7) is 5.51. The number of aromatic nitrogens is 6. The second-order valence-corrected chi connectivity index (χ2v) is 15.7. The second kappa shape index (κ2) is 17.4. The molecular weight excluding hydrogens is 880 g/mol. The Bertz CT molecular complexity index is 2720. The predicted octanol–water partition coefficient (Wildman–Crippen LogP) is 11.3. The van der Waals surface area contributed by atoms with Crippen molar-refractivity contribution in [2.75, 3.05) is 23.9 Å². The van der Waals surface area contributed by atoms with E-state index in [9.17, 15) is 39.9 Å². The number of rotatable bonds is 7. The molecule has 0 saturated carbocycles. The van der Waals surface area contributed by atoms with Gasteiger partial charge in [-0.3, -0.25) is 9.97 Å². The van der Waals surface area contributed by atoms with Gasteiger partial charge < -0.3 is 14.5 Å². The van der Waals surface area contributed by atoms with E-state index in [1.807, 2.05) is 12.1 Å². The topological polar surface area (TPSA) is 102 Å². The highest BCUT2D eigenvalue weighted by Gasteiger charge is 2.35. The van der Waals surface area contributed by atoms with Crippen molar-refractivity contribution >= 4 is 55.7 Å². The fourth-order valence-corrected chi connectivity index (χ4v) is 6.24. The molecule has 10 nitrogen and oxygen atoms in total. The molecule has 318 valence electrons. The number of nitrogens with zero attached hydrogens (tertiary/aromatic N) is 8. The molecule has 3 aromatic heterocycles. The maximum atomic E-state index is 13.6. The minimum atomic E-state index is -4.78. The number of halogens is 9. The molecule has 0 aliphatic heterocycles. The van der Waals surface area contributed by atoms with Crippen molar-refractivity contribution in [3.63, 3.8) is 0 Å². The number of alkyl halides is 6. The largest absolute Gasteiger partial charge is 0.442 e. The number of hydrogen-bond acceptors (Lipinski definition) is 9. The van der Waals surface area contributed by atoms with E-state index in [4.69, 9.17) is 4.74 Å². The lowest BCUT2D eigenvalue weighted by Crippen LogP contribution is -2.27. The van der Waals surface area contributed by atoms with Gasteiger partial charge in [-0.05, 0) is 92.1 Å². The van der Waals surface area contributed by atoms with Crippen molar-refractivity contribution in [1.29, 1.82) is 0 Å². The van der Waals surface area contributed by atoms with Gasteiger partial charge >= 0.3 is 18.4 Å². The van der Waals surface area contributed by atoms with Gasteiger partial charge in [0.15, 0.2) is 0 Å². The van der Waals surface area contributed by atoms with Gasteiger partial charge in [0, 0.05) is 43.4 Å². The lowest BCUT2D eigenvalue weighted by molar-refractivity contribution is -0.140. The maximum Gasteiger partial charge on any atom is 0.435 e. The number of anilines is 2. The van der Waals surface area contributed by atoms with E-state index in [1.54, 1.807) is 87.5 Å². The van der Waals surface area contributed by atoms with E-state index < -0.39 is 46.8 Å². The van der Waals surface area contributed by atoms with Crippen LogP contribution in [0.3, 0.4) is 0 Å². The van der Waals surface area contributed by atoms with Crippen LogP contribution in [-0.4, -0.2) is 55.5 Å². The first-order chi connectivity index (χ1) is 28.5. The van der Waals surface area contributed by atoms with Crippen LogP contribution in [0.5, 0.6) is 0 Å². The molecule has 0 atom stereocenters. The molecule has 4 aromatic carbocycles. The Labute approximate surface area is 352 Å². The van der Waals surface area contributed by atoms with E-state index >= 15 is 0 Å². The molecule has 0 aliphatic carbocycles. The van der Waals surface area contributed by atoms with Crippen LogP contribution >= 0.6 is 15.9 Å². The van der Waals surface area contributed by atoms with E-state index in [0.29, 0.717) is 44.8 Å². The lowest BCUT2D eigenvalue weighted by atomic mass is 10.1. The highest BCUT2D eigenvalue weighted by atomic mass is 79.9. The minimum absolute atomic E-state index is 0.0749. The Morgan fingerprint density at radius 2 is 1.15 bits per heavy atom. The normalized spacial score (nSPS) is 12.0. The highest BCUT2D eigenvalue weighted by molar-refractivity contribution is 9.10. The van der Waals surface area contributed by atoms with Gasteiger partial charge in [0.1, 0.15) is 28.9 Å². The molecule has 0 unspecified atom stereocenters. The van der Waals surface area contributed by atoms with Crippen molar-refractivity contribution in [2.24, 2.45) is 0 Å². The molecule has 0 aliphatic rings. The monoisotopic (exact) mass is 914 g/mol. The summed E-state index contributed by atoms with van der Waals surface area (Å²) in [7, 11) is 3.34. The van der Waals surface area contributed by atoms with Crippen LogP contribution in [0.2, 0.25) is 0 Å².